The molecule has 0 spiro atoms. The highest BCUT2D eigenvalue weighted by Gasteiger charge is 2.25. The van der Waals surface area contributed by atoms with E-state index in [2.05, 4.69) is 20.6 Å². The molecule has 4 N–H and O–H groups in total. The topological polar surface area (TPSA) is 108 Å². The lowest BCUT2D eigenvalue weighted by molar-refractivity contribution is -0.885. The van der Waals surface area contributed by atoms with Crippen molar-refractivity contribution >= 4 is 28.4 Å². The van der Waals surface area contributed by atoms with Gasteiger partial charge < -0.3 is 20.5 Å². The van der Waals surface area contributed by atoms with E-state index in [1.165, 1.54) is 0 Å². The number of likely N-dealkylation sites (N-methyl/N-ethyl adjacent to an activating group) is 1. The molecule has 0 radical (unpaired) electrons. The Bertz CT molecular complexity index is 1150. The highest BCUT2D eigenvalue weighted by molar-refractivity contribution is 6.04. The molecule has 30 heavy (non-hydrogen) atoms. The Kier molecular flexibility index (Phi) is 5.58. The SMILES string of the molecule is C[NH+](CC(=O)Nc1ccccc1C(=O)NC1CC1)Cc1nc2ccccc2c(=O)[nH]1. The molecule has 4 rings (SSSR count). The fourth-order valence-corrected chi connectivity index (χ4v) is 3.32. The molecule has 0 bridgehead atoms. The average Bonchev–Trinajstić information content (AvgIpc) is 3.52. The summed E-state index contributed by atoms with van der Waals surface area (Å²) in [6, 6.07) is 14.4. The molecule has 0 aliphatic heterocycles. The first-order valence-electron chi connectivity index (χ1n) is 9.98. The van der Waals surface area contributed by atoms with Crippen molar-refractivity contribution in [3.8, 4) is 0 Å². The Labute approximate surface area is 173 Å². The standard InChI is InChI=1S/C22H23N5O3/c1-27(12-19-24-17-8-4-2-6-15(17)22(30)26-19)13-20(28)25-18-9-5-3-7-16(18)21(29)23-14-10-11-14/h2-9,14H,10-13H2,1H3,(H,23,29)(H,25,28)(H,24,26,30)/p+1. The molecule has 154 valence electrons. The average molecular weight is 406 g/mol. The normalized spacial score (nSPS) is 14.3. The zero-order chi connectivity index (χ0) is 21.1. The van der Waals surface area contributed by atoms with Crippen molar-refractivity contribution in [2.75, 3.05) is 18.9 Å². The number of aromatic nitrogens is 2. The number of nitrogens with one attached hydrogen (secondary N) is 4. The van der Waals surface area contributed by atoms with Gasteiger partial charge in [-0.3, -0.25) is 14.4 Å². The molecule has 1 atom stereocenters. The fourth-order valence-electron chi connectivity index (χ4n) is 3.32. The minimum atomic E-state index is -0.220. The third kappa shape index (κ3) is 4.72. The van der Waals surface area contributed by atoms with Crippen LogP contribution in [0.3, 0.4) is 0 Å². The highest BCUT2D eigenvalue weighted by atomic mass is 16.2. The van der Waals surface area contributed by atoms with Crippen LogP contribution in [0.1, 0.15) is 29.0 Å². The highest BCUT2D eigenvalue weighted by Crippen LogP contribution is 2.21. The number of nitrogens with zero attached hydrogens (tertiary/aromatic N) is 1. The van der Waals surface area contributed by atoms with Gasteiger partial charge in [0.15, 0.2) is 12.4 Å². The van der Waals surface area contributed by atoms with Crippen LogP contribution in [-0.2, 0) is 11.3 Å². The van der Waals surface area contributed by atoms with Crippen LogP contribution < -0.4 is 21.1 Å². The van der Waals surface area contributed by atoms with Crippen LogP contribution in [0.4, 0.5) is 5.69 Å². The summed E-state index contributed by atoms with van der Waals surface area (Å²) >= 11 is 0. The van der Waals surface area contributed by atoms with Crippen LogP contribution in [0, 0.1) is 0 Å². The van der Waals surface area contributed by atoms with Crippen molar-refractivity contribution in [3.05, 3.63) is 70.3 Å². The summed E-state index contributed by atoms with van der Waals surface area (Å²) < 4.78 is 0. The first kappa shape index (κ1) is 19.8. The van der Waals surface area contributed by atoms with Crippen molar-refractivity contribution in [1.29, 1.82) is 0 Å². The molecule has 1 aliphatic rings. The maximum absolute atomic E-state index is 12.5. The van der Waals surface area contributed by atoms with Gasteiger partial charge in [-0.25, -0.2) is 4.98 Å². The number of hydrogen-bond donors (Lipinski definition) is 4. The van der Waals surface area contributed by atoms with Crippen molar-refractivity contribution in [2.45, 2.75) is 25.4 Å². The molecule has 8 nitrogen and oxygen atoms in total. The molecule has 2 aromatic carbocycles. The van der Waals surface area contributed by atoms with E-state index in [0.717, 1.165) is 17.7 Å². The van der Waals surface area contributed by atoms with E-state index in [1.807, 2.05) is 13.1 Å². The largest absolute Gasteiger partial charge is 0.349 e. The second-order valence-corrected chi connectivity index (χ2v) is 7.68. The Balaban J connectivity index is 1.40. The minimum absolute atomic E-state index is 0.162. The molecular weight excluding hydrogens is 382 g/mol. The number of quaternary nitrogens is 1. The monoisotopic (exact) mass is 406 g/mol. The summed E-state index contributed by atoms with van der Waals surface area (Å²) in [6.07, 6.45) is 2.00. The van der Waals surface area contributed by atoms with Gasteiger partial charge in [0.05, 0.1) is 29.2 Å². The van der Waals surface area contributed by atoms with Crippen LogP contribution in [0.5, 0.6) is 0 Å². The fraction of sp³-hybridized carbons (Fsp3) is 0.273. The molecule has 1 aromatic heterocycles. The lowest BCUT2D eigenvalue weighted by atomic mass is 10.1. The van der Waals surface area contributed by atoms with Crippen molar-refractivity contribution < 1.29 is 14.5 Å². The van der Waals surface area contributed by atoms with E-state index in [9.17, 15) is 14.4 Å². The van der Waals surface area contributed by atoms with E-state index < -0.39 is 0 Å². The zero-order valence-corrected chi connectivity index (χ0v) is 16.7. The van der Waals surface area contributed by atoms with Crippen molar-refractivity contribution in [3.63, 3.8) is 0 Å². The van der Waals surface area contributed by atoms with Crippen LogP contribution in [0.15, 0.2) is 53.3 Å². The third-order valence-corrected chi connectivity index (χ3v) is 4.95. The molecule has 1 heterocycles. The number of amides is 2. The van der Waals surface area contributed by atoms with Gasteiger partial charge in [-0.05, 0) is 37.1 Å². The smallest absolute Gasteiger partial charge is 0.279 e. The molecule has 1 saturated carbocycles. The number of carbonyl (C=O) groups is 2. The molecular formula is C22H24N5O3+. The lowest BCUT2D eigenvalue weighted by Gasteiger charge is -2.15. The van der Waals surface area contributed by atoms with Gasteiger partial charge in [-0.2, -0.15) is 0 Å². The molecule has 8 heteroatoms. The van der Waals surface area contributed by atoms with E-state index in [1.54, 1.807) is 42.5 Å². The molecule has 3 aromatic rings. The Morgan fingerprint density at radius 3 is 2.67 bits per heavy atom. The summed E-state index contributed by atoms with van der Waals surface area (Å²) in [5, 5.41) is 6.31. The molecule has 1 aliphatic carbocycles. The number of benzene rings is 2. The van der Waals surface area contributed by atoms with Gasteiger partial charge in [-0.15, -0.1) is 0 Å². The molecule has 0 saturated heterocycles. The summed E-state index contributed by atoms with van der Waals surface area (Å²) in [7, 11) is 1.85. The van der Waals surface area contributed by atoms with E-state index in [4.69, 9.17) is 0 Å². The van der Waals surface area contributed by atoms with Crippen LogP contribution in [-0.4, -0.2) is 41.4 Å². The molecule has 2 amide bonds. The van der Waals surface area contributed by atoms with Gasteiger partial charge in [-0.1, -0.05) is 24.3 Å². The van der Waals surface area contributed by atoms with Gasteiger partial charge in [0.1, 0.15) is 6.54 Å². The zero-order valence-electron chi connectivity index (χ0n) is 16.7. The summed E-state index contributed by atoms with van der Waals surface area (Å²) in [6.45, 7) is 0.548. The van der Waals surface area contributed by atoms with Crippen LogP contribution in [0.25, 0.3) is 10.9 Å². The third-order valence-electron chi connectivity index (χ3n) is 4.95. The number of aromatic amines is 1. The minimum Gasteiger partial charge on any atom is -0.349 e. The van der Waals surface area contributed by atoms with Crippen LogP contribution in [0.2, 0.25) is 0 Å². The second-order valence-electron chi connectivity index (χ2n) is 7.68. The number of para-hydroxylation sites is 2. The summed E-state index contributed by atoms with van der Waals surface area (Å²) in [4.78, 5) is 45.3. The second kappa shape index (κ2) is 8.46. The quantitative estimate of drug-likeness (QED) is 0.457. The lowest BCUT2D eigenvalue weighted by Crippen LogP contribution is -3.08. The predicted molar refractivity (Wildman–Crippen MR) is 113 cm³/mol. The van der Waals surface area contributed by atoms with E-state index in [0.29, 0.717) is 34.5 Å². The first-order valence-corrected chi connectivity index (χ1v) is 9.98. The summed E-state index contributed by atoms with van der Waals surface area (Å²) in [5.41, 5.74) is 1.38. The number of H-pyrrole nitrogens is 1. The number of fused-ring (bicyclic) bond motifs is 1. The van der Waals surface area contributed by atoms with Gasteiger partial charge >= 0.3 is 0 Å². The maximum atomic E-state index is 12.5. The van der Waals surface area contributed by atoms with Gasteiger partial charge in [0, 0.05) is 6.04 Å². The van der Waals surface area contributed by atoms with Gasteiger partial charge in [0.25, 0.3) is 17.4 Å². The van der Waals surface area contributed by atoms with Crippen molar-refractivity contribution in [1.82, 2.24) is 15.3 Å². The Morgan fingerprint density at radius 1 is 1.13 bits per heavy atom. The Morgan fingerprint density at radius 2 is 1.87 bits per heavy atom. The number of hydrogen-bond acceptors (Lipinski definition) is 4. The van der Waals surface area contributed by atoms with Gasteiger partial charge in [0.2, 0.25) is 0 Å². The molecule has 1 fully saturated rings. The predicted octanol–water partition coefficient (Wildman–Crippen LogP) is 0.469. The Hall–Kier alpha value is -3.52. The number of rotatable bonds is 7. The van der Waals surface area contributed by atoms with E-state index >= 15 is 0 Å². The maximum Gasteiger partial charge on any atom is 0.279 e. The van der Waals surface area contributed by atoms with Crippen LogP contribution >= 0.6 is 0 Å². The van der Waals surface area contributed by atoms with E-state index in [-0.39, 0.29) is 30.0 Å². The first-order chi connectivity index (χ1) is 14.5. The summed E-state index contributed by atoms with van der Waals surface area (Å²) in [5.74, 6) is 0.127. The van der Waals surface area contributed by atoms with Crippen molar-refractivity contribution in [2.24, 2.45) is 0 Å². The number of anilines is 1. The molecule has 1 unspecified atom stereocenters. The number of carbonyl (C=O) groups excluding carboxylic acids is 2.